The molecule has 0 aliphatic heterocycles. The molecule has 1 atom stereocenters. The van der Waals surface area contributed by atoms with Crippen molar-refractivity contribution in [3.8, 4) is 0 Å². The Morgan fingerprint density at radius 2 is 2.31 bits per heavy atom. The summed E-state index contributed by atoms with van der Waals surface area (Å²) in [6.45, 7) is 4.75. The number of nitrogens with one attached hydrogen (secondary N) is 1. The molecule has 0 spiro atoms. The second-order valence-corrected chi connectivity index (χ2v) is 2.62. The van der Waals surface area contributed by atoms with E-state index in [0.717, 1.165) is 13.0 Å². The van der Waals surface area contributed by atoms with Gasteiger partial charge in [-0.15, -0.1) is 0 Å². The second kappa shape index (κ2) is 4.81. The molecule has 0 saturated carbocycles. The minimum absolute atomic E-state index is 0.0730. The third-order valence-corrected chi connectivity index (χ3v) is 1.71. The summed E-state index contributed by atoms with van der Waals surface area (Å²) in [5.41, 5.74) is 0. The van der Waals surface area contributed by atoms with Gasteiger partial charge in [-0.05, 0) is 13.3 Å². The van der Waals surface area contributed by atoms with E-state index in [1.54, 1.807) is 7.11 Å². The van der Waals surface area contributed by atoms with E-state index in [-0.39, 0.29) is 6.10 Å². The van der Waals surface area contributed by atoms with Gasteiger partial charge in [-0.3, -0.25) is 0 Å². The Labute approximate surface area is 77.5 Å². The van der Waals surface area contributed by atoms with E-state index in [1.165, 1.54) is 0 Å². The number of hydrogen-bond donors (Lipinski definition) is 1. The molecule has 0 aliphatic carbocycles. The minimum Gasteiger partial charge on any atom is -0.373 e. The highest BCUT2D eigenvalue weighted by atomic mass is 16.5. The van der Waals surface area contributed by atoms with Crippen LogP contribution in [0.1, 0.15) is 32.2 Å². The second-order valence-electron chi connectivity index (χ2n) is 2.62. The van der Waals surface area contributed by atoms with Crippen LogP contribution in [-0.4, -0.2) is 23.8 Å². The van der Waals surface area contributed by atoms with Crippen LogP contribution in [-0.2, 0) is 4.74 Å². The summed E-state index contributed by atoms with van der Waals surface area (Å²) in [5, 5.41) is 6.74. The monoisotopic (exact) mass is 185 g/mol. The summed E-state index contributed by atoms with van der Waals surface area (Å²) in [5.74, 6) is 0.598. The highest BCUT2D eigenvalue weighted by Crippen LogP contribution is 2.17. The predicted molar refractivity (Wildman–Crippen MR) is 48.5 cm³/mol. The lowest BCUT2D eigenvalue weighted by Crippen LogP contribution is -2.02. The van der Waals surface area contributed by atoms with Crippen molar-refractivity contribution in [2.24, 2.45) is 0 Å². The summed E-state index contributed by atoms with van der Waals surface area (Å²) in [6.07, 6.45) is 0.762. The molecule has 0 bridgehead atoms. The van der Waals surface area contributed by atoms with Crippen LogP contribution in [0.5, 0.6) is 0 Å². The van der Waals surface area contributed by atoms with Gasteiger partial charge in [0.15, 0.2) is 0 Å². The summed E-state index contributed by atoms with van der Waals surface area (Å²) in [7, 11) is 1.64. The Balaban J connectivity index is 2.66. The highest BCUT2D eigenvalue weighted by molar-refractivity contribution is 5.17. The molecule has 5 nitrogen and oxygen atoms in total. The molecule has 5 heteroatoms. The van der Waals surface area contributed by atoms with Gasteiger partial charge in [0.1, 0.15) is 6.10 Å². The molecule has 0 fully saturated rings. The molecule has 0 aromatic carbocycles. The fourth-order valence-electron chi connectivity index (χ4n) is 1.04. The van der Waals surface area contributed by atoms with Gasteiger partial charge in [0.05, 0.1) is 0 Å². The Bertz CT molecular complexity index is 245. The first-order chi connectivity index (χ1) is 6.31. The maximum Gasteiger partial charge on any atom is 0.321 e. The van der Waals surface area contributed by atoms with E-state index >= 15 is 0 Å². The lowest BCUT2D eigenvalue weighted by molar-refractivity contribution is 0.0903. The third kappa shape index (κ3) is 2.42. The van der Waals surface area contributed by atoms with Gasteiger partial charge >= 0.3 is 6.01 Å². The van der Waals surface area contributed by atoms with E-state index in [1.807, 2.05) is 13.8 Å². The summed E-state index contributed by atoms with van der Waals surface area (Å²) in [6, 6.07) is 0.452. The topological polar surface area (TPSA) is 60.2 Å². The molecule has 13 heavy (non-hydrogen) atoms. The van der Waals surface area contributed by atoms with Crippen molar-refractivity contribution in [3.05, 3.63) is 5.82 Å². The fourth-order valence-corrected chi connectivity index (χ4v) is 1.04. The molecule has 0 saturated heterocycles. The van der Waals surface area contributed by atoms with Gasteiger partial charge < -0.3 is 14.6 Å². The molecule has 1 heterocycles. The average Bonchev–Trinajstić information content (AvgIpc) is 2.56. The van der Waals surface area contributed by atoms with Crippen molar-refractivity contribution in [1.82, 2.24) is 10.1 Å². The van der Waals surface area contributed by atoms with Gasteiger partial charge in [-0.1, -0.05) is 12.1 Å². The van der Waals surface area contributed by atoms with Gasteiger partial charge in [0, 0.05) is 13.7 Å². The van der Waals surface area contributed by atoms with E-state index in [2.05, 4.69) is 15.5 Å². The van der Waals surface area contributed by atoms with Crippen molar-refractivity contribution in [2.45, 2.75) is 26.4 Å². The van der Waals surface area contributed by atoms with Crippen LogP contribution in [0.2, 0.25) is 0 Å². The van der Waals surface area contributed by atoms with Crippen LogP contribution in [0.4, 0.5) is 6.01 Å². The summed E-state index contributed by atoms with van der Waals surface area (Å²) < 4.78 is 10.1. The summed E-state index contributed by atoms with van der Waals surface area (Å²) >= 11 is 0. The highest BCUT2D eigenvalue weighted by Gasteiger charge is 2.14. The average molecular weight is 185 g/mol. The van der Waals surface area contributed by atoms with E-state index in [4.69, 9.17) is 9.26 Å². The molecule has 1 rings (SSSR count). The maximum absolute atomic E-state index is 5.16. The smallest absolute Gasteiger partial charge is 0.321 e. The van der Waals surface area contributed by atoms with Gasteiger partial charge in [-0.25, -0.2) is 0 Å². The molecule has 0 amide bonds. The lowest BCUT2D eigenvalue weighted by atomic mass is 10.3. The minimum atomic E-state index is -0.0730. The van der Waals surface area contributed by atoms with Crippen molar-refractivity contribution in [2.75, 3.05) is 19.0 Å². The Hall–Kier alpha value is -1.10. The van der Waals surface area contributed by atoms with Crippen molar-refractivity contribution in [3.63, 3.8) is 0 Å². The number of hydrogen-bond acceptors (Lipinski definition) is 5. The van der Waals surface area contributed by atoms with Crippen molar-refractivity contribution in [1.29, 1.82) is 0 Å². The quantitative estimate of drug-likeness (QED) is 0.755. The maximum atomic E-state index is 5.16. The van der Waals surface area contributed by atoms with Crippen LogP contribution in [0.3, 0.4) is 0 Å². The SMILES string of the molecule is CCNc1nc(C(CC)OC)no1. The van der Waals surface area contributed by atoms with Gasteiger partial charge in [0.25, 0.3) is 0 Å². The largest absolute Gasteiger partial charge is 0.373 e. The Morgan fingerprint density at radius 3 is 2.85 bits per heavy atom. The zero-order valence-corrected chi connectivity index (χ0v) is 8.20. The fraction of sp³-hybridized carbons (Fsp3) is 0.750. The Kier molecular flexibility index (Phi) is 3.70. The van der Waals surface area contributed by atoms with E-state index in [0.29, 0.717) is 11.8 Å². The number of ether oxygens (including phenoxy) is 1. The van der Waals surface area contributed by atoms with Crippen LogP contribution in [0.15, 0.2) is 4.52 Å². The molecule has 1 unspecified atom stereocenters. The molecule has 0 radical (unpaired) electrons. The van der Waals surface area contributed by atoms with Crippen LogP contribution in [0, 0.1) is 0 Å². The van der Waals surface area contributed by atoms with Crippen molar-refractivity contribution < 1.29 is 9.26 Å². The summed E-state index contributed by atoms with van der Waals surface area (Å²) in [4.78, 5) is 4.13. The first kappa shape index (κ1) is 9.98. The van der Waals surface area contributed by atoms with E-state index < -0.39 is 0 Å². The van der Waals surface area contributed by atoms with Crippen LogP contribution >= 0.6 is 0 Å². The third-order valence-electron chi connectivity index (χ3n) is 1.71. The van der Waals surface area contributed by atoms with Crippen LogP contribution < -0.4 is 5.32 Å². The molecule has 1 aromatic rings. The number of nitrogens with zero attached hydrogens (tertiary/aromatic N) is 2. The number of methoxy groups -OCH3 is 1. The number of anilines is 1. The molecule has 1 aromatic heterocycles. The predicted octanol–water partition coefficient (Wildman–Crippen LogP) is 1.60. The molecular formula is C8H15N3O2. The van der Waals surface area contributed by atoms with E-state index in [9.17, 15) is 0 Å². The van der Waals surface area contributed by atoms with Gasteiger partial charge in [-0.2, -0.15) is 4.98 Å². The number of rotatable bonds is 5. The molecular weight excluding hydrogens is 170 g/mol. The Morgan fingerprint density at radius 1 is 1.54 bits per heavy atom. The first-order valence-electron chi connectivity index (χ1n) is 4.42. The molecule has 1 N–H and O–H groups in total. The van der Waals surface area contributed by atoms with Gasteiger partial charge in [0.2, 0.25) is 5.82 Å². The zero-order chi connectivity index (χ0) is 9.68. The standard InChI is InChI=1S/C8H15N3O2/c1-4-6(12-3)7-10-8(9-5-2)13-11-7/h6H,4-5H2,1-3H3,(H,9,10,11). The lowest BCUT2D eigenvalue weighted by Gasteiger charge is -2.05. The normalized spacial score (nSPS) is 12.8. The van der Waals surface area contributed by atoms with Crippen molar-refractivity contribution >= 4 is 6.01 Å². The molecule has 74 valence electrons. The zero-order valence-electron chi connectivity index (χ0n) is 8.20. The molecule has 0 aliphatic rings. The van der Waals surface area contributed by atoms with Crippen LogP contribution in [0.25, 0.3) is 0 Å². The number of aromatic nitrogens is 2. The first-order valence-corrected chi connectivity index (χ1v) is 4.42.